The molecule has 2 rings (SSSR count). The minimum Gasteiger partial charge on any atom is -0.340 e. The summed E-state index contributed by atoms with van der Waals surface area (Å²) in [5.74, 6) is 1.02. The smallest absolute Gasteiger partial charge is 0.139 e. The molecule has 0 saturated heterocycles. The second-order valence-electron chi connectivity index (χ2n) is 4.34. The summed E-state index contributed by atoms with van der Waals surface area (Å²) < 4.78 is 13.8. The van der Waals surface area contributed by atoms with E-state index >= 15 is 0 Å². The predicted molar refractivity (Wildman–Crippen MR) is 78.5 cm³/mol. The van der Waals surface area contributed by atoms with E-state index in [1.807, 2.05) is 13.8 Å². The summed E-state index contributed by atoms with van der Waals surface area (Å²) in [5, 5.41) is 3.37. The Morgan fingerprint density at radius 2 is 2.00 bits per heavy atom. The van der Waals surface area contributed by atoms with Gasteiger partial charge < -0.3 is 5.32 Å². The molecule has 0 atom stereocenters. The monoisotopic (exact) mass is 343 g/mol. The Morgan fingerprint density at radius 3 is 2.63 bits per heavy atom. The molecule has 0 aliphatic heterocycles. The van der Waals surface area contributed by atoms with Crippen LogP contribution >= 0.6 is 27.5 Å². The van der Waals surface area contributed by atoms with Crippen LogP contribution in [0.5, 0.6) is 0 Å². The van der Waals surface area contributed by atoms with E-state index < -0.39 is 0 Å². The molecule has 0 aliphatic rings. The SMILES string of the molecule is CC(C)c1nc(Cl)cc(Nc2ccc(Br)c(F)c2)n1. The number of rotatable bonds is 3. The maximum Gasteiger partial charge on any atom is 0.139 e. The molecule has 0 radical (unpaired) electrons. The molecular weight excluding hydrogens is 333 g/mol. The molecule has 1 N–H and O–H groups in total. The summed E-state index contributed by atoms with van der Waals surface area (Å²) in [5.41, 5.74) is 0.602. The number of nitrogens with zero attached hydrogens (tertiary/aromatic N) is 2. The first-order valence-corrected chi connectivity index (χ1v) is 6.89. The lowest BCUT2D eigenvalue weighted by molar-refractivity contribution is 0.622. The Hall–Kier alpha value is -1.20. The summed E-state index contributed by atoms with van der Waals surface area (Å²) in [6, 6.07) is 6.37. The van der Waals surface area contributed by atoms with E-state index in [1.54, 1.807) is 18.2 Å². The van der Waals surface area contributed by atoms with Gasteiger partial charge in [0.15, 0.2) is 0 Å². The summed E-state index contributed by atoms with van der Waals surface area (Å²) in [4.78, 5) is 8.48. The molecule has 0 saturated carbocycles. The molecule has 6 heteroatoms. The van der Waals surface area contributed by atoms with Crippen molar-refractivity contribution in [2.45, 2.75) is 19.8 Å². The van der Waals surface area contributed by atoms with Gasteiger partial charge in [-0.3, -0.25) is 0 Å². The van der Waals surface area contributed by atoms with E-state index in [1.165, 1.54) is 6.07 Å². The molecule has 0 bridgehead atoms. The number of hydrogen-bond acceptors (Lipinski definition) is 3. The lowest BCUT2D eigenvalue weighted by atomic mass is 10.2. The first-order chi connectivity index (χ1) is 8.95. The molecule has 19 heavy (non-hydrogen) atoms. The Bertz CT molecular complexity index is 604. The molecule has 0 aliphatic carbocycles. The molecule has 0 unspecified atom stereocenters. The minimum absolute atomic E-state index is 0.168. The lowest BCUT2D eigenvalue weighted by Crippen LogP contribution is -2.02. The minimum atomic E-state index is -0.339. The van der Waals surface area contributed by atoms with Crippen LogP contribution in [0, 0.1) is 5.82 Å². The standard InChI is InChI=1S/C13H12BrClFN3/c1-7(2)13-18-11(15)6-12(19-13)17-8-3-4-9(14)10(16)5-8/h3-7H,1-2H3,(H,17,18,19). The van der Waals surface area contributed by atoms with Gasteiger partial charge in [-0.25, -0.2) is 14.4 Å². The van der Waals surface area contributed by atoms with Crippen LogP contribution in [0.4, 0.5) is 15.9 Å². The molecule has 1 aromatic heterocycles. The molecule has 0 fully saturated rings. The molecule has 1 heterocycles. The van der Waals surface area contributed by atoms with Crippen LogP contribution in [-0.2, 0) is 0 Å². The van der Waals surface area contributed by atoms with Gasteiger partial charge in [0.1, 0.15) is 22.6 Å². The van der Waals surface area contributed by atoms with Crippen molar-refractivity contribution in [1.29, 1.82) is 0 Å². The number of anilines is 2. The van der Waals surface area contributed by atoms with Gasteiger partial charge in [0.05, 0.1) is 4.47 Å². The maximum atomic E-state index is 13.4. The van der Waals surface area contributed by atoms with Gasteiger partial charge in [-0.15, -0.1) is 0 Å². The topological polar surface area (TPSA) is 37.8 Å². The number of hydrogen-bond donors (Lipinski definition) is 1. The van der Waals surface area contributed by atoms with E-state index in [9.17, 15) is 4.39 Å². The summed E-state index contributed by atoms with van der Waals surface area (Å²) in [6.45, 7) is 3.96. The van der Waals surface area contributed by atoms with Gasteiger partial charge in [-0.05, 0) is 34.1 Å². The second kappa shape index (κ2) is 5.84. The fraction of sp³-hybridized carbons (Fsp3) is 0.231. The average Bonchev–Trinajstić information content (AvgIpc) is 2.33. The highest BCUT2D eigenvalue weighted by Crippen LogP contribution is 2.23. The summed E-state index contributed by atoms with van der Waals surface area (Å²) >= 11 is 9.05. The Balaban J connectivity index is 2.29. The van der Waals surface area contributed by atoms with Crippen molar-refractivity contribution < 1.29 is 4.39 Å². The van der Waals surface area contributed by atoms with Crippen molar-refractivity contribution in [2.24, 2.45) is 0 Å². The molecule has 0 spiro atoms. The number of benzene rings is 1. The fourth-order valence-corrected chi connectivity index (χ4v) is 1.92. The van der Waals surface area contributed by atoms with Crippen molar-refractivity contribution in [3.8, 4) is 0 Å². The van der Waals surface area contributed by atoms with Crippen molar-refractivity contribution >= 4 is 39.0 Å². The normalized spacial score (nSPS) is 10.8. The third-order valence-electron chi connectivity index (χ3n) is 2.42. The van der Waals surface area contributed by atoms with Crippen LogP contribution in [0.15, 0.2) is 28.7 Å². The highest BCUT2D eigenvalue weighted by molar-refractivity contribution is 9.10. The molecule has 1 aromatic carbocycles. The number of aromatic nitrogens is 2. The van der Waals surface area contributed by atoms with Crippen LogP contribution in [0.2, 0.25) is 5.15 Å². The van der Waals surface area contributed by atoms with Crippen LogP contribution < -0.4 is 5.32 Å². The van der Waals surface area contributed by atoms with E-state index in [2.05, 4.69) is 31.2 Å². The quantitative estimate of drug-likeness (QED) is 0.805. The first-order valence-electron chi connectivity index (χ1n) is 5.72. The van der Waals surface area contributed by atoms with E-state index in [0.29, 0.717) is 27.0 Å². The largest absolute Gasteiger partial charge is 0.340 e. The van der Waals surface area contributed by atoms with Crippen LogP contribution in [0.3, 0.4) is 0 Å². The number of halogens is 3. The van der Waals surface area contributed by atoms with Crippen LogP contribution in [-0.4, -0.2) is 9.97 Å². The van der Waals surface area contributed by atoms with Crippen molar-refractivity contribution in [1.82, 2.24) is 9.97 Å². The first kappa shape index (κ1) is 14.2. The van der Waals surface area contributed by atoms with Gasteiger partial charge in [-0.1, -0.05) is 25.4 Å². The average molecular weight is 345 g/mol. The zero-order chi connectivity index (χ0) is 14.0. The van der Waals surface area contributed by atoms with Crippen LogP contribution in [0.25, 0.3) is 0 Å². The lowest BCUT2D eigenvalue weighted by Gasteiger charge is -2.10. The zero-order valence-corrected chi connectivity index (χ0v) is 12.8. The van der Waals surface area contributed by atoms with Gasteiger partial charge in [0, 0.05) is 17.7 Å². The fourth-order valence-electron chi connectivity index (χ4n) is 1.48. The molecule has 3 nitrogen and oxygen atoms in total. The van der Waals surface area contributed by atoms with Gasteiger partial charge in [0.2, 0.25) is 0 Å². The highest BCUT2D eigenvalue weighted by atomic mass is 79.9. The molecular formula is C13H12BrClFN3. The summed E-state index contributed by atoms with van der Waals surface area (Å²) in [6.07, 6.45) is 0. The zero-order valence-electron chi connectivity index (χ0n) is 10.4. The van der Waals surface area contributed by atoms with Crippen molar-refractivity contribution in [2.75, 3.05) is 5.32 Å². The van der Waals surface area contributed by atoms with Crippen LogP contribution in [0.1, 0.15) is 25.6 Å². The van der Waals surface area contributed by atoms with Gasteiger partial charge in [-0.2, -0.15) is 0 Å². The second-order valence-corrected chi connectivity index (χ2v) is 5.58. The Kier molecular flexibility index (Phi) is 4.37. The Labute approximate surface area is 124 Å². The van der Waals surface area contributed by atoms with E-state index in [0.717, 1.165) is 0 Å². The molecule has 100 valence electrons. The van der Waals surface area contributed by atoms with Crippen molar-refractivity contribution in [3.05, 3.63) is 45.5 Å². The third-order valence-corrected chi connectivity index (χ3v) is 3.26. The maximum absolute atomic E-state index is 13.4. The van der Waals surface area contributed by atoms with E-state index in [4.69, 9.17) is 11.6 Å². The molecule has 0 amide bonds. The third kappa shape index (κ3) is 3.64. The predicted octanol–water partition coefficient (Wildman–Crippen LogP) is 4.90. The number of nitrogens with one attached hydrogen (secondary N) is 1. The van der Waals surface area contributed by atoms with Gasteiger partial charge >= 0.3 is 0 Å². The Morgan fingerprint density at radius 1 is 1.26 bits per heavy atom. The molecule has 2 aromatic rings. The van der Waals surface area contributed by atoms with Gasteiger partial charge in [0.25, 0.3) is 0 Å². The highest BCUT2D eigenvalue weighted by Gasteiger charge is 2.08. The summed E-state index contributed by atoms with van der Waals surface area (Å²) in [7, 11) is 0. The van der Waals surface area contributed by atoms with E-state index in [-0.39, 0.29) is 11.7 Å². The van der Waals surface area contributed by atoms with Crippen molar-refractivity contribution in [3.63, 3.8) is 0 Å².